The van der Waals surface area contributed by atoms with Gasteiger partial charge in [-0.05, 0) is 0 Å². The lowest BCUT2D eigenvalue weighted by atomic mass is 10.2. The minimum absolute atomic E-state index is 0.130. The van der Waals surface area contributed by atoms with E-state index in [1.807, 2.05) is 46.7 Å². The van der Waals surface area contributed by atoms with E-state index in [-0.39, 0.29) is 5.91 Å². The molecule has 2 heterocycles. The maximum Gasteiger partial charge on any atom is 0.269 e. The molecule has 0 bridgehead atoms. The standard InChI is InChI=1S/C17H20N4O2/c1-2-14(22)20-9-8-13-15(16(18)23)19-17(21(13)11-10-20)12-6-4-3-5-7-12/h3-7H,2,8-11H2,1H3,(H2,18,23). The number of amides is 2. The van der Waals surface area contributed by atoms with Gasteiger partial charge in [-0.15, -0.1) is 0 Å². The summed E-state index contributed by atoms with van der Waals surface area (Å²) >= 11 is 0. The number of imidazole rings is 1. The molecule has 3 rings (SSSR count). The molecular formula is C17H20N4O2. The molecule has 0 saturated carbocycles. The lowest BCUT2D eigenvalue weighted by Gasteiger charge is -2.19. The largest absolute Gasteiger partial charge is 0.364 e. The van der Waals surface area contributed by atoms with Gasteiger partial charge in [0.1, 0.15) is 11.5 Å². The Morgan fingerprint density at radius 3 is 2.57 bits per heavy atom. The minimum Gasteiger partial charge on any atom is -0.364 e. The molecule has 0 spiro atoms. The fourth-order valence-corrected chi connectivity index (χ4v) is 3.03. The second-order valence-corrected chi connectivity index (χ2v) is 5.60. The summed E-state index contributed by atoms with van der Waals surface area (Å²) in [4.78, 5) is 30.1. The quantitative estimate of drug-likeness (QED) is 0.931. The Morgan fingerprint density at radius 2 is 1.91 bits per heavy atom. The number of hydrogen-bond donors (Lipinski definition) is 1. The topological polar surface area (TPSA) is 81.2 Å². The summed E-state index contributed by atoms with van der Waals surface area (Å²) in [7, 11) is 0. The third kappa shape index (κ3) is 2.84. The molecule has 0 saturated heterocycles. The Kier molecular flexibility index (Phi) is 4.14. The Bertz CT molecular complexity index is 737. The van der Waals surface area contributed by atoms with Crippen LogP contribution in [-0.2, 0) is 17.8 Å². The van der Waals surface area contributed by atoms with Crippen molar-refractivity contribution in [2.75, 3.05) is 13.1 Å². The van der Waals surface area contributed by atoms with Gasteiger partial charge >= 0.3 is 0 Å². The Labute approximate surface area is 134 Å². The summed E-state index contributed by atoms with van der Waals surface area (Å²) in [5.74, 6) is 0.344. The predicted molar refractivity (Wildman–Crippen MR) is 86.8 cm³/mol. The number of rotatable bonds is 3. The maximum absolute atomic E-state index is 12.0. The van der Waals surface area contributed by atoms with Crippen molar-refractivity contribution in [1.29, 1.82) is 0 Å². The van der Waals surface area contributed by atoms with E-state index in [1.165, 1.54) is 0 Å². The molecule has 2 amide bonds. The fourth-order valence-electron chi connectivity index (χ4n) is 3.03. The predicted octanol–water partition coefficient (Wildman–Crippen LogP) is 1.44. The molecule has 1 aromatic heterocycles. The first-order valence-corrected chi connectivity index (χ1v) is 7.84. The summed E-state index contributed by atoms with van der Waals surface area (Å²) < 4.78 is 2.03. The van der Waals surface area contributed by atoms with Crippen LogP contribution in [0.15, 0.2) is 30.3 Å². The van der Waals surface area contributed by atoms with Crippen molar-refractivity contribution in [3.63, 3.8) is 0 Å². The molecule has 23 heavy (non-hydrogen) atoms. The smallest absolute Gasteiger partial charge is 0.269 e. The zero-order valence-corrected chi connectivity index (χ0v) is 13.2. The summed E-state index contributed by atoms with van der Waals surface area (Å²) in [6, 6.07) is 9.72. The molecule has 1 aliphatic rings. The van der Waals surface area contributed by atoms with Gasteiger partial charge in [-0.3, -0.25) is 9.59 Å². The van der Waals surface area contributed by atoms with Crippen LogP contribution in [0, 0.1) is 0 Å². The molecule has 1 aliphatic heterocycles. The van der Waals surface area contributed by atoms with E-state index in [1.54, 1.807) is 0 Å². The van der Waals surface area contributed by atoms with Crippen LogP contribution in [0.2, 0.25) is 0 Å². The van der Waals surface area contributed by atoms with Gasteiger partial charge in [-0.1, -0.05) is 37.3 Å². The number of carbonyl (C=O) groups is 2. The van der Waals surface area contributed by atoms with Crippen molar-refractivity contribution < 1.29 is 9.59 Å². The van der Waals surface area contributed by atoms with Gasteiger partial charge in [0.05, 0.1) is 5.69 Å². The highest BCUT2D eigenvalue weighted by molar-refractivity contribution is 5.93. The second kappa shape index (κ2) is 6.24. The molecule has 0 radical (unpaired) electrons. The van der Waals surface area contributed by atoms with Gasteiger partial charge in [0.15, 0.2) is 0 Å². The molecule has 0 aliphatic carbocycles. The first kappa shape index (κ1) is 15.3. The molecule has 0 atom stereocenters. The molecule has 6 nitrogen and oxygen atoms in total. The highest BCUT2D eigenvalue weighted by Crippen LogP contribution is 2.25. The minimum atomic E-state index is -0.522. The van der Waals surface area contributed by atoms with Crippen LogP contribution in [-0.4, -0.2) is 39.4 Å². The van der Waals surface area contributed by atoms with E-state index in [0.717, 1.165) is 17.1 Å². The number of benzene rings is 1. The Balaban J connectivity index is 2.03. The van der Waals surface area contributed by atoms with Gasteiger partial charge in [-0.2, -0.15) is 0 Å². The zero-order valence-electron chi connectivity index (χ0n) is 13.2. The SMILES string of the molecule is CCC(=O)N1CCc2c(C(N)=O)nc(-c3ccccc3)n2CC1. The molecule has 120 valence electrons. The van der Waals surface area contributed by atoms with Crippen LogP contribution < -0.4 is 5.73 Å². The molecular weight excluding hydrogens is 292 g/mol. The third-order valence-corrected chi connectivity index (χ3v) is 4.21. The van der Waals surface area contributed by atoms with Gasteiger partial charge in [0, 0.05) is 38.0 Å². The van der Waals surface area contributed by atoms with Crippen molar-refractivity contribution in [2.45, 2.75) is 26.3 Å². The second-order valence-electron chi connectivity index (χ2n) is 5.60. The van der Waals surface area contributed by atoms with Crippen LogP contribution in [0.1, 0.15) is 29.5 Å². The van der Waals surface area contributed by atoms with E-state index in [4.69, 9.17) is 5.73 Å². The number of hydrogen-bond acceptors (Lipinski definition) is 3. The highest BCUT2D eigenvalue weighted by atomic mass is 16.2. The van der Waals surface area contributed by atoms with Gasteiger partial charge < -0.3 is 15.2 Å². The van der Waals surface area contributed by atoms with E-state index in [0.29, 0.717) is 38.2 Å². The van der Waals surface area contributed by atoms with Crippen LogP contribution in [0.25, 0.3) is 11.4 Å². The molecule has 2 N–H and O–H groups in total. The van der Waals surface area contributed by atoms with Crippen molar-refractivity contribution >= 4 is 11.8 Å². The van der Waals surface area contributed by atoms with Crippen molar-refractivity contribution in [3.8, 4) is 11.4 Å². The summed E-state index contributed by atoms with van der Waals surface area (Å²) in [5.41, 5.74) is 7.58. The van der Waals surface area contributed by atoms with E-state index >= 15 is 0 Å². The monoisotopic (exact) mass is 312 g/mol. The van der Waals surface area contributed by atoms with Gasteiger partial charge in [0.2, 0.25) is 5.91 Å². The van der Waals surface area contributed by atoms with E-state index < -0.39 is 5.91 Å². The average molecular weight is 312 g/mol. The first-order valence-electron chi connectivity index (χ1n) is 7.84. The molecule has 0 unspecified atom stereocenters. The number of nitrogens with two attached hydrogens (primary N) is 1. The highest BCUT2D eigenvalue weighted by Gasteiger charge is 2.25. The van der Waals surface area contributed by atoms with E-state index in [2.05, 4.69) is 4.98 Å². The lowest BCUT2D eigenvalue weighted by Crippen LogP contribution is -2.33. The van der Waals surface area contributed by atoms with Gasteiger partial charge in [-0.25, -0.2) is 4.98 Å². The molecule has 2 aromatic rings. The summed E-state index contributed by atoms with van der Waals surface area (Å²) in [6.07, 6.45) is 1.07. The number of aromatic nitrogens is 2. The average Bonchev–Trinajstić information content (AvgIpc) is 2.80. The lowest BCUT2D eigenvalue weighted by molar-refractivity contribution is -0.130. The number of primary amides is 1. The molecule has 1 aromatic carbocycles. The summed E-state index contributed by atoms with van der Waals surface area (Å²) in [5, 5.41) is 0. The normalized spacial score (nSPS) is 14.2. The maximum atomic E-state index is 12.0. The van der Waals surface area contributed by atoms with Crippen molar-refractivity contribution in [3.05, 3.63) is 41.7 Å². The van der Waals surface area contributed by atoms with Crippen LogP contribution in [0.4, 0.5) is 0 Å². The summed E-state index contributed by atoms with van der Waals surface area (Å²) in [6.45, 7) is 3.69. The molecule has 0 fully saturated rings. The molecule has 6 heteroatoms. The fraction of sp³-hybridized carbons (Fsp3) is 0.353. The van der Waals surface area contributed by atoms with Crippen LogP contribution in [0.3, 0.4) is 0 Å². The third-order valence-electron chi connectivity index (χ3n) is 4.21. The van der Waals surface area contributed by atoms with Crippen molar-refractivity contribution in [2.24, 2.45) is 5.73 Å². The van der Waals surface area contributed by atoms with Crippen molar-refractivity contribution in [1.82, 2.24) is 14.5 Å². The van der Waals surface area contributed by atoms with E-state index in [9.17, 15) is 9.59 Å². The van der Waals surface area contributed by atoms with Gasteiger partial charge in [0.25, 0.3) is 5.91 Å². The van der Waals surface area contributed by atoms with Crippen LogP contribution in [0.5, 0.6) is 0 Å². The number of carbonyl (C=O) groups excluding carboxylic acids is 2. The van der Waals surface area contributed by atoms with Crippen LogP contribution >= 0.6 is 0 Å². The zero-order chi connectivity index (χ0) is 16.4. The Hall–Kier alpha value is -2.63. The number of nitrogens with zero attached hydrogens (tertiary/aromatic N) is 3. The Morgan fingerprint density at radius 1 is 1.17 bits per heavy atom. The first-order chi connectivity index (χ1) is 11.1. The number of fused-ring (bicyclic) bond motifs is 1.